The fraction of sp³-hybridized carbons (Fsp3) is 0.400. The van der Waals surface area contributed by atoms with E-state index in [9.17, 15) is 4.79 Å². The molecule has 0 spiro atoms. The number of nitrogens with one attached hydrogen (secondary N) is 2. The molecule has 0 aliphatic heterocycles. The summed E-state index contributed by atoms with van der Waals surface area (Å²) in [7, 11) is 0. The van der Waals surface area contributed by atoms with Crippen LogP contribution in [0.5, 0.6) is 0 Å². The molecule has 0 saturated heterocycles. The minimum absolute atomic E-state index is 0.0773. The van der Waals surface area contributed by atoms with Gasteiger partial charge in [0, 0.05) is 5.69 Å². The van der Waals surface area contributed by atoms with Gasteiger partial charge in [0.25, 0.3) is 0 Å². The van der Waals surface area contributed by atoms with Crippen molar-refractivity contribution >= 4 is 11.6 Å². The first-order valence-electron chi connectivity index (χ1n) is 6.29. The number of unbranched alkanes of at least 4 members (excludes halogenated alkanes) is 1. The van der Waals surface area contributed by atoms with Crippen molar-refractivity contribution in [1.29, 1.82) is 0 Å². The van der Waals surface area contributed by atoms with Crippen LogP contribution in [0.4, 0.5) is 5.69 Å². The van der Waals surface area contributed by atoms with Crippen LogP contribution in [-0.2, 0) is 11.2 Å². The number of hydrogen-bond donors (Lipinski definition) is 2. The first-order valence-corrected chi connectivity index (χ1v) is 6.29. The highest BCUT2D eigenvalue weighted by molar-refractivity contribution is 5.92. The van der Waals surface area contributed by atoms with Crippen molar-refractivity contribution in [2.45, 2.75) is 26.2 Å². The summed E-state index contributed by atoms with van der Waals surface area (Å²) >= 11 is 0. The number of carbonyl (C=O) groups excluding carboxylic acids is 1. The summed E-state index contributed by atoms with van der Waals surface area (Å²) in [4.78, 5) is 11.5. The zero-order valence-electron chi connectivity index (χ0n) is 10.8. The molecule has 0 radical (unpaired) electrons. The normalized spacial score (nSPS) is 9.78. The van der Waals surface area contributed by atoms with Gasteiger partial charge in [-0.2, -0.15) is 0 Å². The maximum absolute atomic E-state index is 11.5. The Morgan fingerprint density at radius 3 is 2.67 bits per heavy atom. The molecule has 1 aromatic rings. The smallest absolute Gasteiger partial charge is 0.238 e. The largest absolute Gasteiger partial charge is 0.325 e. The second-order valence-corrected chi connectivity index (χ2v) is 4.16. The van der Waals surface area contributed by atoms with Gasteiger partial charge in [-0.3, -0.25) is 10.1 Å². The summed E-state index contributed by atoms with van der Waals surface area (Å²) in [6.07, 6.45) is 8.56. The number of hydrogen-bond acceptors (Lipinski definition) is 2. The molecule has 96 valence electrons. The molecule has 0 saturated carbocycles. The predicted molar refractivity (Wildman–Crippen MR) is 75.4 cm³/mol. The standard InChI is InChI=1S/C15H20N2O/c1-3-5-6-13-7-9-14(10-8-13)17-15(18)12-16-11-4-2/h2,7-10,16H,3,5-6,11-12H2,1H3,(H,17,18). The van der Waals surface area contributed by atoms with Gasteiger partial charge in [0.15, 0.2) is 0 Å². The first kappa shape index (κ1) is 14.3. The zero-order valence-corrected chi connectivity index (χ0v) is 10.8. The molecule has 0 aliphatic rings. The number of anilines is 1. The molecule has 1 rings (SSSR count). The van der Waals surface area contributed by atoms with E-state index in [2.05, 4.69) is 35.6 Å². The lowest BCUT2D eigenvalue weighted by Crippen LogP contribution is -2.28. The lowest BCUT2D eigenvalue weighted by molar-refractivity contribution is -0.115. The van der Waals surface area contributed by atoms with Gasteiger partial charge in [-0.25, -0.2) is 0 Å². The van der Waals surface area contributed by atoms with Crippen molar-refractivity contribution in [3.05, 3.63) is 29.8 Å². The van der Waals surface area contributed by atoms with Crippen molar-refractivity contribution in [2.75, 3.05) is 18.4 Å². The van der Waals surface area contributed by atoms with Crippen LogP contribution in [-0.4, -0.2) is 19.0 Å². The van der Waals surface area contributed by atoms with Crippen molar-refractivity contribution in [1.82, 2.24) is 5.32 Å². The Balaban J connectivity index is 2.38. The summed E-state index contributed by atoms with van der Waals surface area (Å²) < 4.78 is 0. The van der Waals surface area contributed by atoms with Crippen molar-refractivity contribution in [2.24, 2.45) is 0 Å². The lowest BCUT2D eigenvalue weighted by atomic mass is 10.1. The van der Waals surface area contributed by atoms with Crippen LogP contribution in [0.3, 0.4) is 0 Å². The Kier molecular flexibility index (Phi) is 6.60. The monoisotopic (exact) mass is 244 g/mol. The van der Waals surface area contributed by atoms with Crippen LogP contribution >= 0.6 is 0 Å². The second kappa shape index (κ2) is 8.32. The summed E-state index contributed by atoms with van der Waals surface area (Å²) in [5.41, 5.74) is 2.13. The van der Waals surface area contributed by atoms with E-state index in [0.717, 1.165) is 12.1 Å². The second-order valence-electron chi connectivity index (χ2n) is 4.16. The molecule has 3 nitrogen and oxygen atoms in total. The molecule has 0 bridgehead atoms. The van der Waals surface area contributed by atoms with E-state index in [4.69, 9.17) is 6.42 Å². The molecular formula is C15H20N2O. The molecule has 1 aromatic carbocycles. The predicted octanol–water partition coefficient (Wildman–Crippen LogP) is 2.19. The molecular weight excluding hydrogens is 224 g/mol. The van der Waals surface area contributed by atoms with Crippen molar-refractivity contribution < 1.29 is 4.79 Å². The van der Waals surface area contributed by atoms with Gasteiger partial charge in [0.05, 0.1) is 13.1 Å². The maximum atomic E-state index is 11.5. The highest BCUT2D eigenvalue weighted by atomic mass is 16.1. The van der Waals surface area contributed by atoms with Gasteiger partial charge < -0.3 is 5.32 Å². The fourth-order valence-electron chi connectivity index (χ4n) is 1.59. The quantitative estimate of drug-likeness (QED) is 0.570. The molecule has 3 heteroatoms. The fourth-order valence-corrected chi connectivity index (χ4v) is 1.59. The number of rotatable bonds is 7. The van der Waals surface area contributed by atoms with E-state index in [0.29, 0.717) is 6.54 Å². The number of terminal acetylenes is 1. The van der Waals surface area contributed by atoms with E-state index in [1.165, 1.54) is 18.4 Å². The highest BCUT2D eigenvalue weighted by Gasteiger charge is 2.01. The number of amides is 1. The molecule has 0 aromatic heterocycles. The summed E-state index contributed by atoms with van der Waals surface area (Å²) in [5.74, 6) is 2.35. The third kappa shape index (κ3) is 5.51. The first-order chi connectivity index (χ1) is 8.76. The van der Waals surface area contributed by atoms with Crippen molar-refractivity contribution in [3.63, 3.8) is 0 Å². The van der Waals surface area contributed by atoms with Gasteiger partial charge in [-0.15, -0.1) is 6.42 Å². The number of aryl methyl sites for hydroxylation is 1. The summed E-state index contributed by atoms with van der Waals surface area (Å²) in [6, 6.07) is 7.98. The Morgan fingerprint density at radius 2 is 2.06 bits per heavy atom. The van der Waals surface area contributed by atoms with Crippen LogP contribution in [0, 0.1) is 12.3 Å². The summed E-state index contributed by atoms with van der Waals surface area (Å²) in [6.45, 7) is 2.82. The van der Waals surface area contributed by atoms with Gasteiger partial charge >= 0.3 is 0 Å². The molecule has 0 atom stereocenters. The average Bonchev–Trinajstić information content (AvgIpc) is 2.38. The zero-order chi connectivity index (χ0) is 13.2. The van der Waals surface area contributed by atoms with E-state index >= 15 is 0 Å². The SMILES string of the molecule is C#CCNCC(=O)Nc1ccc(CCCC)cc1. The average molecular weight is 244 g/mol. The number of benzene rings is 1. The minimum atomic E-state index is -0.0773. The molecule has 2 N–H and O–H groups in total. The molecule has 0 unspecified atom stereocenters. The van der Waals surface area contributed by atoms with E-state index in [-0.39, 0.29) is 12.5 Å². The Bertz CT molecular complexity index is 403. The van der Waals surface area contributed by atoms with Crippen LogP contribution < -0.4 is 10.6 Å². The minimum Gasteiger partial charge on any atom is -0.325 e. The summed E-state index contributed by atoms with van der Waals surface area (Å²) in [5, 5.41) is 5.66. The molecule has 18 heavy (non-hydrogen) atoms. The van der Waals surface area contributed by atoms with Crippen LogP contribution in [0.1, 0.15) is 25.3 Å². The van der Waals surface area contributed by atoms with E-state index in [1.807, 2.05) is 12.1 Å². The molecule has 0 aliphatic carbocycles. The third-order valence-corrected chi connectivity index (χ3v) is 2.57. The maximum Gasteiger partial charge on any atom is 0.238 e. The van der Waals surface area contributed by atoms with Gasteiger partial charge in [-0.05, 0) is 30.5 Å². The van der Waals surface area contributed by atoms with Crippen LogP contribution in [0.25, 0.3) is 0 Å². The van der Waals surface area contributed by atoms with Gasteiger partial charge in [0.2, 0.25) is 5.91 Å². The Morgan fingerprint density at radius 1 is 1.33 bits per heavy atom. The molecule has 1 amide bonds. The van der Waals surface area contributed by atoms with Gasteiger partial charge in [-0.1, -0.05) is 31.4 Å². The lowest BCUT2D eigenvalue weighted by Gasteiger charge is -2.06. The third-order valence-electron chi connectivity index (χ3n) is 2.57. The molecule has 0 fully saturated rings. The highest BCUT2D eigenvalue weighted by Crippen LogP contribution is 2.11. The Hall–Kier alpha value is -1.79. The van der Waals surface area contributed by atoms with Crippen LogP contribution in [0.2, 0.25) is 0 Å². The van der Waals surface area contributed by atoms with E-state index in [1.54, 1.807) is 0 Å². The number of carbonyl (C=O) groups is 1. The van der Waals surface area contributed by atoms with Crippen LogP contribution in [0.15, 0.2) is 24.3 Å². The topological polar surface area (TPSA) is 41.1 Å². The van der Waals surface area contributed by atoms with Crippen molar-refractivity contribution in [3.8, 4) is 12.3 Å². The molecule has 0 heterocycles. The Labute approximate surface area is 109 Å². The van der Waals surface area contributed by atoms with E-state index < -0.39 is 0 Å². The van der Waals surface area contributed by atoms with Gasteiger partial charge in [0.1, 0.15) is 0 Å².